The molecule has 0 saturated carbocycles. The topological polar surface area (TPSA) is 29.3 Å². The summed E-state index contributed by atoms with van der Waals surface area (Å²) in [4.78, 5) is 2.31. The minimum absolute atomic E-state index is 0.191. The van der Waals surface area contributed by atoms with Crippen LogP contribution < -0.4 is 10.6 Å². The molecule has 2 heteroatoms. The zero-order valence-corrected chi connectivity index (χ0v) is 10.5. The Hall–Kier alpha value is -1.02. The average molecular weight is 218 g/mol. The van der Waals surface area contributed by atoms with Crippen LogP contribution in [0.25, 0.3) is 0 Å². The molecule has 88 valence electrons. The lowest BCUT2D eigenvalue weighted by atomic mass is 9.96. The Morgan fingerprint density at radius 1 is 1.38 bits per heavy atom. The zero-order chi connectivity index (χ0) is 11.7. The quantitative estimate of drug-likeness (QED) is 0.845. The van der Waals surface area contributed by atoms with Crippen molar-refractivity contribution in [3.05, 3.63) is 29.3 Å². The summed E-state index contributed by atoms with van der Waals surface area (Å²) in [6, 6.07) is 6.90. The van der Waals surface area contributed by atoms with Gasteiger partial charge in [-0.15, -0.1) is 0 Å². The number of anilines is 1. The molecule has 2 nitrogen and oxygen atoms in total. The van der Waals surface area contributed by atoms with Gasteiger partial charge in [-0.3, -0.25) is 0 Å². The Balaban J connectivity index is 2.18. The van der Waals surface area contributed by atoms with Crippen molar-refractivity contribution in [1.29, 1.82) is 0 Å². The van der Waals surface area contributed by atoms with Crippen LogP contribution in [0.5, 0.6) is 0 Å². The van der Waals surface area contributed by atoms with Crippen LogP contribution in [-0.2, 0) is 6.42 Å². The van der Waals surface area contributed by atoms with Crippen molar-refractivity contribution in [1.82, 2.24) is 0 Å². The van der Waals surface area contributed by atoms with Crippen molar-refractivity contribution >= 4 is 5.69 Å². The van der Waals surface area contributed by atoms with Crippen LogP contribution in [0.3, 0.4) is 0 Å². The van der Waals surface area contributed by atoms with Gasteiger partial charge in [0.05, 0.1) is 0 Å². The third-order valence-corrected chi connectivity index (χ3v) is 3.38. The van der Waals surface area contributed by atoms with Gasteiger partial charge in [0, 0.05) is 25.3 Å². The molecule has 0 amide bonds. The van der Waals surface area contributed by atoms with E-state index in [1.54, 1.807) is 0 Å². The molecule has 1 atom stereocenters. The number of nitrogens with zero attached hydrogens (tertiary/aromatic N) is 1. The lowest BCUT2D eigenvalue weighted by Gasteiger charge is -2.17. The molecule has 2 N–H and O–H groups in total. The second-order valence-corrected chi connectivity index (χ2v) is 5.30. The maximum atomic E-state index is 6.21. The molecule has 0 aromatic heterocycles. The lowest BCUT2D eigenvalue weighted by molar-refractivity contribution is 0.510. The van der Waals surface area contributed by atoms with E-state index < -0.39 is 0 Å². The standard InChI is InChI=1S/C14H22N2/c1-10(2)8-13(15)11-4-5-14-12(9-11)6-7-16(14)3/h4-5,9-10,13H,6-8,15H2,1-3H3. The summed E-state index contributed by atoms with van der Waals surface area (Å²) in [7, 11) is 2.15. The number of benzene rings is 1. The summed E-state index contributed by atoms with van der Waals surface area (Å²) < 4.78 is 0. The van der Waals surface area contributed by atoms with Gasteiger partial charge < -0.3 is 10.6 Å². The maximum Gasteiger partial charge on any atom is 0.0397 e. The lowest BCUT2D eigenvalue weighted by Crippen LogP contribution is -2.14. The summed E-state index contributed by atoms with van der Waals surface area (Å²) in [5, 5.41) is 0. The van der Waals surface area contributed by atoms with Crippen molar-refractivity contribution in [2.24, 2.45) is 11.7 Å². The minimum atomic E-state index is 0.191. The number of fused-ring (bicyclic) bond motifs is 1. The smallest absolute Gasteiger partial charge is 0.0397 e. The van der Waals surface area contributed by atoms with E-state index in [4.69, 9.17) is 5.73 Å². The molecule has 1 aromatic rings. The first-order chi connectivity index (χ1) is 7.58. The van der Waals surface area contributed by atoms with Gasteiger partial charge in [0.1, 0.15) is 0 Å². The van der Waals surface area contributed by atoms with Crippen LogP contribution in [-0.4, -0.2) is 13.6 Å². The maximum absolute atomic E-state index is 6.21. The fourth-order valence-corrected chi connectivity index (χ4v) is 2.46. The molecule has 0 aliphatic carbocycles. The van der Waals surface area contributed by atoms with Crippen LogP contribution >= 0.6 is 0 Å². The van der Waals surface area contributed by atoms with Crippen LogP contribution in [0.4, 0.5) is 5.69 Å². The first-order valence-electron chi connectivity index (χ1n) is 6.17. The van der Waals surface area contributed by atoms with Gasteiger partial charge in [-0.2, -0.15) is 0 Å². The fourth-order valence-electron chi connectivity index (χ4n) is 2.46. The zero-order valence-electron chi connectivity index (χ0n) is 10.5. The van der Waals surface area contributed by atoms with E-state index in [-0.39, 0.29) is 6.04 Å². The van der Waals surface area contributed by atoms with E-state index in [9.17, 15) is 0 Å². The number of likely N-dealkylation sites (N-methyl/N-ethyl adjacent to an activating group) is 1. The Kier molecular flexibility index (Phi) is 3.20. The SMILES string of the molecule is CC(C)CC(N)c1ccc2c(c1)CCN2C. The van der Waals surface area contributed by atoms with Crippen LogP contribution in [0.2, 0.25) is 0 Å². The summed E-state index contributed by atoms with van der Waals surface area (Å²) in [5.41, 5.74) is 10.3. The molecule has 1 aliphatic heterocycles. The molecule has 16 heavy (non-hydrogen) atoms. The normalized spacial score (nSPS) is 16.7. The van der Waals surface area contributed by atoms with Crippen molar-refractivity contribution in [2.75, 3.05) is 18.5 Å². The van der Waals surface area contributed by atoms with E-state index in [1.165, 1.54) is 16.8 Å². The number of hydrogen-bond acceptors (Lipinski definition) is 2. The molecule has 0 bridgehead atoms. The highest BCUT2D eigenvalue weighted by Gasteiger charge is 2.17. The summed E-state index contributed by atoms with van der Waals surface area (Å²) in [6.45, 7) is 5.58. The molecule has 0 fully saturated rings. The second kappa shape index (κ2) is 4.46. The van der Waals surface area contributed by atoms with Gasteiger partial charge in [-0.05, 0) is 36.0 Å². The van der Waals surface area contributed by atoms with Crippen LogP contribution in [0.1, 0.15) is 37.4 Å². The first kappa shape index (κ1) is 11.5. The summed E-state index contributed by atoms with van der Waals surface area (Å²) >= 11 is 0. The monoisotopic (exact) mass is 218 g/mol. The van der Waals surface area contributed by atoms with Crippen molar-refractivity contribution in [3.63, 3.8) is 0 Å². The van der Waals surface area contributed by atoms with E-state index >= 15 is 0 Å². The van der Waals surface area contributed by atoms with Gasteiger partial charge in [0.25, 0.3) is 0 Å². The van der Waals surface area contributed by atoms with Gasteiger partial charge in [-0.1, -0.05) is 26.0 Å². The predicted octanol–water partition coefficient (Wildman–Crippen LogP) is 2.72. The molecule has 1 aliphatic rings. The highest BCUT2D eigenvalue weighted by molar-refractivity contribution is 5.58. The van der Waals surface area contributed by atoms with Crippen LogP contribution in [0.15, 0.2) is 18.2 Å². The predicted molar refractivity (Wildman–Crippen MR) is 69.8 cm³/mol. The van der Waals surface area contributed by atoms with Crippen molar-refractivity contribution in [2.45, 2.75) is 32.7 Å². The number of hydrogen-bond donors (Lipinski definition) is 1. The Labute approximate surface area is 98.4 Å². The van der Waals surface area contributed by atoms with E-state index in [0.717, 1.165) is 19.4 Å². The molecule has 0 spiro atoms. The second-order valence-electron chi connectivity index (χ2n) is 5.30. The van der Waals surface area contributed by atoms with Gasteiger partial charge >= 0.3 is 0 Å². The van der Waals surface area contributed by atoms with Gasteiger partial charge in [0.15, 0.2) is 0 Å². The van der Waals surface area contributed by atoms with E-state index in [2.05, 4.69) is 44.0 Å². The number of nitrogens with two attached hydrogens (primary N) is 1. The third kappa shape index (κ3) is 2.22. The van der Waals surface area contributed by atoms with Gasteiger partial charge in [-0.25, -0.2) is 0 Å². The number of rotatable bonds is 3. The Morgan fingerprint density at radius 3 is 2.81 bits per heavy atom. The Morgan fingerprint density at radius 2 is 2.12 bits per heavy atom. The van der Waals surface area contributed by atoms with Gasteiger partial charge in [0.2, 0.25) is 0 Å². The fraction of sp³-hybridized carbons (Fsp3) is 0.571. The highest BCUT2D eigenvalue weighted by Crippen LogP contribution is 2.30. The minimum Gasteiger partial charge on any atom is -0.374 e. The Bertz CT molecular complexity index is 371. The average Bonchev–Trinajstić information content (AvgIpc) is 2.59. The van der Waals surface area contributed by atoms with E-state index in [1.807, 2.05) is 0 Å². The van der Waals surface area contributed by atoms with Crippen LogP contribution in [0, 0.1) is 5.92 Å². The molecule has 1 aromatic carbocycles. The highest BCUT2D eigenvalue weighted by atomic mass is 15.1. The molecule has 0 radical (unpaired) electrons. The first-order valence-corrected chi connectivity index (χ1v) is 6.17. The summed E-state index contributed by atoms with van der Waals surface area (Å²) in [5.74, 6) is 0.658. The summed E-state index contributed by atoms with van der Waals surface area (Å²) in [6.07, 6.45) is 2.22. The van der Waals surface area contributed by atoms with Crippen molar-refractivity contribution < 1.29 is 0 Å². The molecule has 1 heterocycles. The molecular formula is C14H22N2. The molecular weight excluding hydrogens is 196 g/mol. The van der Waals surface area contributed by atoms with Crippen molar-refractivity contribution in [3.8, 4) is 0 Å². The molecule has 1 unspecified atom stereocenters. The third-order valence-electron chi connectivity index (χ3n) is 3.38. The van der Waals surface area contributed by atoms with E-state index in [0.29, 0.717) is 5.92 Å². The molecule has 2 rings (SSSR count). The molecule has 0 saturated heterocycles. The largest absolute Gasteiger partial charge is 0.374 e.